The molecule has 0 spiro atoms. The van der Waals surface area contributed by atoms with Crippen molar-refractivity contribution in [2.24, 2.45) is 0 Å². The Labute approximate surface area is 135 Å². The van der Waals surface area contributed by atoms with Crippen molar-refractivity contribution < 1.29 is 9.59 Å². The summed E-state index contributed by atoms with van der Waals surface area (Å²) in [6, 6.07) is 7.27. The molecule has 0 unspecified atom stereocenters. The maximum Gasteiger partial charge on any atom is 0.265 e. The molecule has 0 aliphatic rings. The van der Waals surface area contributed by atoms with Gasteiger partial charge in [-0.15, -0.1) is 11.3 Å². The van der Waals surface area contributed by atoms with Gasteiger partial charge in [0.05, 0.1) is 8.66 Å². The summed E-state index contributed by atoms with van der Waals surface area (Å²) in [7, 11) is 0. The molecule has 0 fully saturated rings. The highest BCUT2D eigenvalue weighted by molar-refractivity contribution is 9.11. The average molecular weight is 367 g/mol. The standard InChI is InChI=1S/C15H15BrN2O2S/c1-8-4-5-11(7-12(8)17-10(3)19)18-15(20)13-6-9(2)14(16)21-13/h4-7H,1-3H3,(H,17,19)(H,18,20). The molecular weight excluding hydrogens is 352 g/mol. The first-order valence-corrected chi connectivity index (χ1v) is 7.93. The van der Waals surface area contributed by atoms with Gasteiger partial charge in [-0.2, -0.15) is 0 Å². The highest BCUT2D eigenvalue weighted by Gasteiger charge is 2.12. The molecule has 2 aromatic rings. The van der Waals surface area contributed by atoms with Crippen LogP contribution in [0.3, 0.4) is 0 Å². The molecule has 1 heterocycles. The molecule has 2 N–H and O–H groups in total. The van der Waals surface area contributed by atoms with Crippen LogP contribution in [0.1, 0.15) is 27.7 Å². The van der Waals surface area contributed by atoms with Crippen LogP contribution in [0.15, 0.2) is 28.1 Å². The highest BCUT2D eigenvalue weighted by atomic mass is 79.9. The zero-order valence-electron chi connectivity index (χ0n) is 11.9. The molecule has 0 aliphatic carbocycles. The molecule has 0 atom stereocenters. The number of nitrogens with one attached hydrogen (secondary N) is 2. The number of carbonyl (C=O) groups excluding carboxylic acids is 2. The van der Waals surface area contributed by atoms with Crippen LogP contribution in [-0.2, 0) is 4.79 Å². The van der Waals surface area contributed by atoms with Gasteiger partial charge in [-0.1, -0.05) is 6.07 Å². The normalized spacial score (nSPS) is 10.3. The molecule has 1 aromatic carbocycles. The fourth-order valence-corrected chi connectivity index (χ4v) is 3.22. The second-order valence-electron chi connectivity index (χ2n) is 4.73. The number of thiophene rings is 1. The lowest BCUT2D eigenvalue weighted by Gasteiger charge is -2.10. The van der Waals surface area contributed by atoms with Gasteiger partial charge in [0.15, 0.2) is 0 Å². The van der Waals surface area contributed by atoms with Crippen molar-refractivity contribution >= 4 is 50.5 Å². The van der Waals surface area contributed by atoms with Crippen LogP contribution >= 0.6 is 27.3 Å². The average Bonchev–Trinajstić information content (AvgIpc) is 2.73. The van der Waals surface area contributed by atoms with Crippen LogP contribution in [0, 0.1) is 13.8 Å². The number of benzene rings is 1. The summed E-state index contributed by atoms with van der Waals surface area (Å²) in [5.41, 5.74) is 3.33. The second kappa shape index (κ2) is 6.41. The van der Waals surface area contributed by atoms with Gasteiger partial charge in [-0.3, -0.25) is 9.59 Å². The Morgan fingerprint density at radius 3 is 2.38 bits per heavy atom. The Hall–Kier alpha value is -1.66. The van der Waals surface area contributed by atoms with Gasteiger partial charge in [0.25, 0.3) is 5.91 Å². The Morgan fingerprint density at radius 1 is 1.10 bits per heavy atom. The minimum absolute atomic E-state index is 0.139. The van der Waals surface area contributed by atoms with Crippen molar-refractivity contribution in [1.29, 1.82) is 0 Å². The first kappa shape index (κ1) is 15.7. The largest absolute Gasteiger partial charge is 0.326 e. The van der Waals surface area contributed by atoms with E-state index in [4.69, 9.17) is 0 Å². The topological polar surface area (TPSA) is 58.2 Å². The van der Waals surface area contributed by atoms with E-state index < -0.39 is 0 Å². The van der Waals surface area contributed by atoms with E-state index in [-0.39, 0.29) is 11.8 Å². The molecule has 0 radical (unpaired) electrons. The van der Waals surface area contributed by atoms with Crippen LogP contribution in [0.5, 0.6) is 0 Å². The van der Waals surface area contributed by atoms with Gasteiger partial charge >= 0.3 is 0 Å². The lowest BCUT2D eigenvalue weighted by Crippen LogP contribution is -2.12. The monoisotopic (exact) mass is 366 g/mol. The molecule has 2 rings (SSSR count). The zero-order chi connectivity index (χ0) is 15.6. The van der Waals surface area contributed by atoms with Crippen molar-refractivity contribution in [3.8, 4) is 0 Å². The van der Waals surface area contributed by atoms with Crippen LogP contribution in [0.2, 0.25) is 0 Å². The van der Waals surface area contributed by atoms with Gasteiger partial charge in [0.1, 0.15) is 0 Å². The third-order valence-corrected chi connectivity index (χ3v) is 5.02. The lowest BCUT2D eigenvalue weighted by atomic mass is 10.1. The minimum Gasteiger partial charge on any atom is -0.326 e. The SMILES string of the molecule is CC(=O)Nc1cc(NC(=O)c2cc(C)c(Br)s2)ccc1C. The van der Waals surface area contributed by atoms with E-state index in [1.54, 1.807) is 6.07 Å². The number of amides is 2. The van der Waals surface area contributed by atoms with Crippen molar-refractivity contribution in [3.63, 3.8) is 0 Å². The predicted octanol–water partition coefficient (Wildman–Crippen LogP) is 4.34. The number of carbonyl (C=O) groups is 2. The Balaban J connectivity index is 2.19. The van der Waals surface area contributed by atoms with Gasteiger partial charge in [0, 0.05) is 18.3 Å². The van der Waals surface area contributed by atoms with E-state index in [9.17, 15) is 9.59 Å². The van der Waals surface area contributed by atoms with E-state index in [1.165, 1.54) is 18.3 Å². The molecule has 4 nitrogen and oxygen atoms in total. The maximum absolute atomic E-state index is 12.2. The van der Waals surface area contributed by atoms with E-state index in [2.05, 4.69) is 26.6 Å². The number of hydrogen-bond acceptors (Lipinski definition) is 3. The lowest BCUT2D eigenvalue weighted by molar-refractivity contribution is -0.114. The molecule has 1 aromatic heterocycles. The summed E-state index contributed by atoms with van der Waals surface area (Å²) in [5.74, 6) is -0.300. The van der Waals surface area contributed by atoms with Crippen LogP contribution in [0.4, 0.5) is 11.4 Å². The highest BCUT2D eigenvalue weighted by Crippen LogP contribution is 2.28. The van der Waals surface area contributed by atoms with Gasteiger partial charge in [-0.05, 0) is 59.1 Å². The van der Waals surface area contributed by atoms with Crippen LogP contribution in [-0.4, -0.2) is 11.8 Å². The van der Waals surface area contributed by atoms with Gasteiger partial charge in [-0.25, -0.2) is 0 Å². The summed E-state index contributed by atoms with van der Waals surface area (Å²) < 4.78 is 0.954. The quantitative estimate of drug-likeness (QED) is 0.848. The zero-order valence-corrected chi connectivity index (χ0v) is 14.3. The third kappa shape index (κ3) is 3.92. The first-order chi connectivity index (χ1) is 9.86. The third-order valence-electron chi connectivity index (χ3n) is 2.89. The first-order valence-electron chi connectivity index (χ1n) is 6.32. The van der Waals surface area contributed by atoms with Gasteiger partial charge in [0.2, 0.25) is 5.91 Å². The maximum atomic E-state index is 12.2. The predicted molar refractivity (Wildman–Crippen MR) is 90.2 cm³/mol. The molecule has 0 aliphatic heterocycles. The smallest absolute Gasteiger partial charge is 0.265 e. The number of rotatable bonds is 3. The molecular formula is C15H15BrN2O2S. The van der Waals surface area contributed by atoms with Gasteiger partial charge < -0.3 is 10.6 Å². The van der Waals surface area contributed by atoms with E-state index >= 15 is 0 Å². The Bertz CT molecular complexity index is 690. The molecule has 0 saturated heterocycles. The van der Waals surface area contributed by atoms with Crippen molar-refractivity contribution in [1.82, 2.24) is 0 Å². The molecule has 0 saturated carbocycles. The van der Waals surface area contributed by atoms with Crippen LogP contribution < -0.4 is 10.6 Å². The minimum atomic E-state index is -0.161. The number of halogens is 1. The van der Waals surface area contributed by atoms with Crippen molar-refractivity contribution in [3.05, 3.63) is 44.1 Å². The fraction of sp³-hybridized carbons (Fsp3) is 0.200. The van der Waals surface area contributed by atoms with E-state index in [1.807, 2.05) is 32.0 Å². The summed E-state index contributed by atoms with van der Waals surface area (Å²) in [4.78, 5) is 24.0. The molecule has 110 valence electrons. The van der Waals surface area contributed by atoms with Crippen molar-refractivity contribution in [2.75, 3.05) is 10.6 Å². The van der Waals surface area contributed by atoms with E-state index in [0.29, 0.717) is 16.3 Å². The summed E-state index contributed by atoms with van der Waals surface area (Å²) in [5, 5.41) is 5.58. The second-order valence-corrected chi connectivity index (χ2v) is 7.10. The van der Waals surface area contributed by atoms with Crippen molar-refractivity contribution in [2.45, 2.75) is 20.8 Å². The summed E-state index contributed by atoms with van der Waals surface area (Å²) in [6.45, 7) is 5.30. The fourth-order valence-electron chi connectivity index (χ4n) is 1.79. The van der Waals surface area contributed by atoms with E-state index in [0.717, 1.165) is 14.9 Å². The molecule has 6 heteroatoms. The van der Waals surface area contributed by atoms with Crippen LogP contribution in [0.25, 0.3) is 0 Å². The number of hydrogen-bond donors (Lipinski definition) is 2. The summed E-state index contributed by atoms with van der Waals surface area (Å²) in [6.07, 6.45) is 0. The number of anilines is 2. The number of aryl methyl sites for hydroxylation is 2. The Morgan fingerprint density at radius 2 is 1.81 bits per heavy atom. The summed E-state index contributed by atoms with van der Waals surface area (Å²) >= 11 is 4.80. The molecule has 0 bridgehead atoms. The molecule has 2 amide bonds. The molecule has 21 heavy (non-hydrogen) atoms. The Kier molecular flexibility index (Phi) is 4.80.